The van der Waals surface area contributed by atoms with Crippen LogP contribution in [0.4, 0.5) is 9.18 Å². The first-order valence-corrected chi connectivity index (χ1v) is 11.7. The van der Waals surface area contributed by atoms with Crippen LogP contribution in [-0.4, -0.2) is 19.1 Å². The van der Waals surface area contributed by atoms with Gasteiger partial charge in [0.15, 0.2) is 0 Å². The molecule has 4 rings (SSSR count). The Kier molecular flexibility index (Phi) is 8.15. The monoisotopic (exact) mass is 498 g/mol. The molecule has 0 aliphatic carbocycles. The van der Waals surface area contributed by atoms with Crippen LogP contribution in [0, 0.1) is 12.7 Å². The fraction of sp³-hybridized carbons (Fsp3) is 0.133. The van der Waals surface area contributed by atoms with Crippen LogP contribution in [0.2, 0.25) is 0 Å². The van der Waals surface area contributed by atoms with E-state index in [0.29, 0.717) is 28.2 Å². The number of rotatable bonds is 8. The number of carbonyl (C=O) groups excluding carboxylic acids is 2. The van der Waals surface area contributed by atoms with Crippen molar-refractivity contribution in [1.29, 1.82) is 0 Å². The molecule has 0 aliphatic heterocycles. The van der Waals surface area contributed by atoms with Gasteiger partial charge >= 0.3 is 6.09 Å². The van der Waals surface area contributed by atoms with E-state index in [1.165, 1.54) is 6.07 Å². The fourth-order valence-corrected chi connectivity index (χ4v) is 3.87. The number of methoxy groups -OCH3 is 1. The summed E-state index contributed by atoms with van der Waals surface area (Å²) in [6, 6.07) is 26.3. The molecule has 0 heterocycles. The predicted octanol–water partition coefficient (Wildman–Crippen LogP) is 6.03. The van der Waals surface area contributed by atoms with Gasteiger partial charge in [0.25, 0.3) is 5.91 Å². The quantitative estimate of drug-likeness (QED) is 0.311. The lowest BCUT2D eigenvalue weighted by atomic mass is 9.95. The van der Waals surface area contributed by atoms with Gasteiger partial charge < -0.3 is 20.1 Å². The van der Waals surface area contributed by atoms with Crippen molar-refractivity contribution >= 4 is 12.0 Å². The van der Waals surface area contributed by atoms with Gasteiger partial charge in [-0.1, -0.05) is 54.6 Å². The molecule has 6 nitrogen and oxygen atoms in total. The second-order valence-electron chi connectivity index (χ2n) is 8.40. The zero-order valence-corrected chi connectivity index (χ0v) is 20.6. The number of nitrogens with one attached hydrogen (secondary N) is 2. The van der Waals surface area contributed by atoms with Gasteiger partial charge in [0.05, 0.1) is 7.11 Å². The molecule has 188 valence electrons. The molecular weight excluding hydrogens is 471 g/mol. The van der Waals surface area contributed by atoms with Gasteiger partial charge in [-0.25, -0.2) is 9.18 Å². The Morgan fingerprint density at radius 2 is 1.41 bits per heavy atom. The van der Waals surface area contributed by atoms with Gasteiger partial charge in [0, 0.05) is 24.2 Å². The molecule has 0 spiro atoms. The average molecular weight is 499 g/mol. The molecule has 2 amide bonds. The Morgan fingerprint density at radius 1 is 0.757 bits per heavy atom. The minimum atomic E-state index is -0.605. The molecule has 7 heteroatoms. The molecule has 37 heavy (non-hydrogen) atoms. The maximum absolute atomic E-state index is 14.2. The van der Waals surface area contributed by atoms with Crippen LogP contribution in [0.5, 0.6) is 11.5 Å². The van der Waals surface area contributed by atoms with Gasteiger partial charge in [-0.05, 0) is 65.6 Å². The molecule has 0 aliphatic rings. The molecule has 0 aromatic heterocycles. The smallest absolute Gasteiger partial charge is 0.412 e. The summed E-state index contributed by atoms with van der Waals surface area (Å²) in [7, 11) is 1.56. The summed E-state index contributed by atoms with van der Waals surface area (Å²) in [6.07, 6.45) is -0.605. The molecule has 4 aromatic rings. The summed E-state index contributed by atoms with van der Waals surface area (Å²) in [5.41, 5.74) is 3.97. The minimum absolute atomic E-state index is 0.0691. The number of aryl methyl sites for hydroxylation is 1. The van der Waals surface area contributed by atoms with Gasteiger partial charge in [-0.15, -0.1) is 0 Å². The van der Waals surface area contributed by atoms with Crippen LogP contribution >= 0.6 is 0 Å². The molecule has 0 fully saturated rings. The summed E-state index contributed by atoms with van der Waals surface area (Å²) in [4.78, 5) is 25.5. The highest BCUT2D eigenvalue weighted by Crippen LogP contribution is 2.27. The number of hydrogen-bond donors (Lipinski definition) is 2. The Balaban J connectivity index is 1.47. The first kappa shape index (κ1) is 25.4. The van der Waals surface area contributed by atoms with Crippen LogP contribution in [0.3, 0.4) is 0 Å². The van der Waals surface area contributed by atoms with Crippen LogP contribution in [-0.2, 0) is 13.1 Å². The Hall–Kier alpha value is -4.65. The van der Waals surface area contributed by atoms with Crippen molar-refractivity contribution < 1.29 is 23.5 Å². The van der Waals surface area contributed by atoms with Crippen molar-refractivity contribution in [2.45, 2.75) is 20.0 Å². The van der Waals surface area contributed by atoms with E-state index in [0.717, 1.165) is 16.7 Å². The average Bonchev–Trinajstić information content (AvgIpc) is 2.92. The largest absolute Gasteiger partial charge is 0.497 e. The van der Waals surface area contributed by atoms with Crippen LogP contribution in [0.1, 0.15) is 27.0 Å². The van der Waals surface area contributed by atoms with E-state index in [1.54, 1.807) is 55.6 Å². The lowest BCUT2D eigenvalue weighted by Gasteiger charge is -2.15. The van der Waals surface area contributed by atoms with Gasteiger partial charge in [0.1, 0.15) is 17.3 Å². The highest BCUT2D eigenvalue weighted by Gasteiger charge is 2.16. The molecule has 2 N–H and O–H groups in total. The van der Waals surface area contributed by atoms with Crippen LogP contribution in [0.25, 0.3) is 11.1 Å². The number of amides is 2. The highest BCUT2D eigenvalue weighted by atomic mass is 19.1. The summed E-state index contributed by atoms with van der Waals surface area (Å²) in [5, 5.41) is 5.57. The SMILES string of the molecule is COc1ccc(OC(=O)NCc2ccccc2-c2ccccc2C(=O)NCc2ccc(C)cc2F)cc1. The van der Waals surface area contributed by atoms with E-state index in [2.05, 4.69) is 10.6 Å². The first-order chi connectivity index (χ1) is 17.9. The fourth-order valence-electron chi connectivity index (χ4n) is 3.87. The second kappa shape index (κ2) is 11.9. The zero-order valence-electron chi connectivity index (χ0n) is 20.6. The molecular formula is C30H27FN2O4. The van der Waals surface area contributed by atoms with Crippen molar-refractivity contribution in [3.63, 3.8) is 0 Å². The van der Waals surface area contributed by atoms with Crippen LogP contribution in [0.15, 0.2) is 91.0 Å². The van der Waals surface area contributed by atoms with E-state index in [1.807, 2.05) is 43.3 Å². The van der Waals surface area contributed by atoms with E-state index < -0.39 is 6.09 Å². The number of ether oxygens (including phenoxy) is 2. The molecule has 0 radical (unpaired) electrons. The third-order valence-corrected chi connectivity index (χ3v) is 5.82. The van der Waals surface area contributed by atoms with Gasteiger partial charge in [0.2, 0.25) is 0 Å². The summed E-state index contributed by atoms with van der Waals surface area (Å²) in [6.45, 7) is 2.07. The molecule has 0 saturated carbocycles. The predicted molar refractivity (Wildman–Crippen MR) is 140 cm³/mol. The maximum atomic E-state index is 14.2. The summed E-state index contributed by atoms with van der Waals surface area (Å²) < 4.78 is 24.7. The van der Waals surface area contributed by atoms with Crippen molar-refractivity contribution in [2.75, 3.05) is 7.11 Å². The highest BCUT2D eigenvalue weighted by molar-refractivity contribution is 6.01. The lowest BCUT2D eigenvalue weighted by Crippen LogP contribution is -2.26. The van der Waals surface area contributed by atoms with Crippen molar-refractivity contribution in [3.8, 4) is 22.6 Å². The topological polar surface area (TPSA) is 76.7 Å². The van der Waals surface area contributed by atoms with Crippen molar-refractivity contribution in [2.24, 2.45) is 0 Å². The molecule has 0 saturated heterocycles. The van der Waals surface area contributed by atoms with E-state index in [4.69, 9.17) is 9.47 Å². The van der Waals surface area contributed by atoms with Crippen molar-refractivity contribution in [3.05, 3.63) is 119 Å². The number of benzene rings is 4. The first-order valence-electron chi connectivity index (χ1n) is 11.7. The second-order valence-corrected chi connectivity index (χ2v) is 8.40. The van der Waals surface area contributed by atoms with E-state index >= 15 is 0 Å². The number of hydrogen-bond acceptors (Lipinski definition) is 4. The number of halogens is 1. The normalized spacial score (nSPS) is 10.5. The lowest BCUT2D eigenvalue weighted by molar-refractivity contribution is 0.0951. The number of carbonyl (C=O) groups is 2. The van der Waals surface area contributed by atoms with E-state index in [9.17, 15) is 14.0 Å². The van der Waals surface area contributed by atoms with Gasteiger partial charge in [-0.3, -0.25) is 4.79 Å². The molecule has 0 bridgehead atoms. The standard InChI is InChI=1S/C30H27FN2O4/c1-20-11-12-22(28(31)17-20)19-32-29(34)27-10-6-5-9-26(27)25-8-4-3-7-21(25)18-33-30(35)37-24-15-13-23(36-2)14-16-24/h3-17H,18-19H2,1-2H3,(H,32,34)(H,33,35). The molecule has 0 unspecified atom stereocenters. The minimum Gasteiger partial charge on any atom is -0.497 e. The van der Waals surface area contributed by atoms with Gasteiger partial charge in [-0.2, -0.15) is 0 Å². The third-order valence-electron chi connectivity index (χ3n) is 5.82. The van der Waals surface area contributed by atoms with Crippen LogP contribution < -0.4 is 20.1 Å². The molecule has 4 aromatic carbocycles. The summed E-state index contributed by atoms with van der Waals surface area (Å²) in [5.74, 6) is 0.371. The van der Waals surface area contributed by atoms with E-state index in [-0.39, 0.29) is 24.8 Å². The maximum Gasteiger partial charge on any atom is 0.412 e. The Labute approximate surface area is 215 Å². The zero-order chi connectivity index (χ0) is 26.2. The third kappa shape index (κ3) is 6.52. The van der Waals surface area contributed by atoms with Crippen molar-refractivity contribution in [1.82, 2.24) is 10.6 Å². The summed E-state index contributed by atoms with van der Waals surface area (Å²) >= 11 is 0. The Bertz CT molecular complexity index is 1400. The molecule has 0 atom stereocenters. The Morgan fingerprint density at radius 3 is 2.14 bits per heavy atom.